The summed E-state index contributed by atoms with van der Waals surface area (Å²) in [7, 11) is 0. The molecule has 1 aromatic carbocycles. The lowest BCUT2D eigenvalue weighted by Crippen LogP contribution is -2.24. The van der Waals surface area contributed by atoms with Crippen LogP contribution in [-0.2, 0) is 25.5 Å². The number of anilines is 1. The van der Waals surface area contributed by atoms with Gasteiger partial charge in [0.2, 0.25) is 0 Å². The van der Waals surface area contributed by atoms with E-state index in [4.69, 9.17) is 9.47 Å². The van der Waals surface area contributed by atoms with E-state index in [-0.39, 0.29) is 6.61 Å². The van der Waals surface area contributed by atoms with E-state index in [2.05, 4.69) is 5.32 Å². The fourth-order valence-electron chi connectivity index (χ4n) is 2.58. The van der Waals surface area contributed by atoms with E-state index in [9.17, 15) is 19.5 Å². The minimum absolute atomic E-state index is 0.220. The molecule has 0 fully saturated rings. The Morgan fingerprint density at radius 1 is 1.14 bits per heavy atom. The molecule has 0 radical (unpaired) electrons. The molecule has 2 N–H and O–H groups in total. The molecule has 150 valence electrons. The Morgan fingerprint density at radius 2 is 1.82 bits per heavy atom. The van der Waals surface area contributed by atoms with Crippen LogP contribution in [0.15, 0.2) is 30.3 Å². The van der Waals surface area contributed by atoms with Crippen molar-refractivity contribution in [2.24, 2.45) is 0 Å². The highest BCUT2D eigenvalue weighted by Gasteiger charge is 2.24. The maximum atomic E-state index is 12.2. The highest BCUT2D eigenvalue weighted by atomic mass is 32.1. The molecule has 1 aromatic heterocycles. The van der Waals surface area contributed by atoms with Gasteiger partial charge in [0.05, 0.1) is 12.2 Å². The van der Waals surface area contributed by atoms with Crippen LogP contribution in [0.5, 0.6) is 0 Å². The quantitative estimate of drug-likeness (QED) is 0.655. The number of thiophene rings is 1. The Labute approximate surface area is 167 Å². The van der Waals surface area contributed by atoms with Crippen LogP contribution in [0.1, 0.15) is 46.3 Å². The summed E-state index contributed by atoms with van der Waals surface area (Å²) < 4.78 is 9.96. The van der Waals surface area contributed by atoms with E-state index in [0.717, 1.165) is 10.4 Å². The number of carbonyl (C=O) groups is 3. The molecular formula is C20H23NO6S. The third-order valence-electron chi connectivity index (χ3n) is 3.98. The van der Waals surface area contributed by atoms with E-state index in [1.807, 2.05) is 6.92 Å². The number of carbonyl (C=O) groups excluding carboxylic acids is 3. The van der Waals surface area contributed by atoms with Gasteiger partial charge in [0.1, 0.15) is 5.00 Å². The zero-order valence-electron chi connectivity index (χ0n) is 16.0. The van der Waals surface area contributed by atoms with Crippen LogP contribution in [0, 0.1) is 6.92 Å². The summed E-state index contributed by atoms with van der Waals surface area (Å²) in [5.41, 5.74) is 1.45. The lowest BCUT2D eigenvalue weighted by Gasteiger charge is -2.11. The van der Waals surface area contributed by atoms with Crippen molar-refractivity contribution in [2.45, 2.75) is 33.3 Å². The lowest BCUT2D eigenvalue weighted by molar-refractivity contribution is -0.156. The maximum absolute atomic E-state index is 12.2. The number of nitrogens with one attached hydrogen (secondary N) is 1. The Morgan fingerprint density at radius 3 is 2.43 bits per heavy atom. The molecule has 2 rings (SSSR count). The Bertz CT molecular complexity index is 846. The number of esters is 2. The third-order valence-corrected chi connectivity index (χ3v) is 5.33. The summed E-state index contributed by atoms with van der Waals surface area (Å²) in [4.78, 5) is 37.3. The van der Waals surface area contributed by atoms with E-state index < -0.39 is 30.6 Å². The second-order valence-corrected chi connectivity index (χ2v) is 7.00. The van der Waals surface area contributed by atoms with Crippen molar-refractivity contribution >= 4 is 34.2 Å². The third kappa shape index (κ3) is 5.17. The van der Waals surface area contributed by atoms with E-state index in [1.165, 1.54) is 11.3 Å². The summed E-state index contributed by atoms with van der Waals surface area (Å²) in [5.74, 6) is -2.05. The van der Waals surface area contributed by atoms with Crippen molar-refractivity contribution < 1.29 is 29.0 Å². The summed E-state index contributed by atoms with van der Waals surface area (Å²) in [6.45, 7) is 5.09. The maximum Gasteiger partial charge on any atom is 0.341 e. The van der Waals surface area contributed by atoms with Gasteiger partial charge in [-0.3, -0.25) is 4.79 Å². The Hall–Kier alpha value is -2.71. The summed E-state index contributed by atoms with van der Waals surface area (Å²) >= 11 is 1.28. The first-order valence-electron chi connectivity index (χ1n) is 8.87. The van der Waals surface area contributed by atoms with Gasteiger partial charge < -0.3 is 19.9 Å². The lowest BCUT2D eigenvalue weighted by atomic mass is 10.1. The van der Waals surface area contributed by atoms with Gasteiger partial charge in [-0.05, 0) is 31.4 Å². The van der Waals surface area contributed by atoms with Gasteiger partial charge >= 0.3 is 11.9 Å². The van der Waals surface area contributed by atoms with Crippen molar-refractivity contribution in [3.8, 4) is 0 Å². The molecule has 7 nitrogen and oxygen atoms in total. The fraction of sp³-hybridized carbons (Fsp3) is 0.350. The summed E-state index contributed by atoms with van der Waals surface area (Å²) in [5, 5.41) is 12.9. The fourth-order valence-corrected chi connectivity index (χ4v) is 3.73. The van der Waals surface area contributed by atoms with Gasteiger partial charge in [0.25, 0.3) is 5.91 Å². The van der Waals surface area contributed by atoms with Gasteiger partial charge in [-0.2, -0.15) is 0 Å². The topological polar surface area (TPSA) is 102 Å². The Kier molecular flexibility index (Phi) is 7.71. The second-order valence-electron chi connectivity index (χ2n) is 5.90. The predicted octanol–water partition coefficient (Wildman–Crippen LogP) is 3.01. The molecular weight excluding hydrogens is 382 g/mol. The first kappa shape index (κ1) is 21.6. The van der Waals surface area contributed by atoms with Crippen molar-refractivity contribution in [1.29, 1.82) is 0 Å². The largest absolute Gasteiger partial charge is 0.462 e. The molecule has 28 heavy (non-hydrogen) atoms. The van der Waals surface area contributed by atoms with Crippen molar-refractivity contribution in [3.05, 3.63) is 51.9 Å². The number of amides is 1. The number of benzene rings is 1. The highest BCUT2D eigenvalue weighted by molar-refractivity contribution is 7.17. The number of rotatable bonds is 8. The smallest absolute Gasteiger partial charge is 0.341 e. The number of aliphatic hydroxyl groups is 1. The molecule has 2 aromatic rings. The number of hydrogen-bond acceptors (Lipinski definition) is 7. The molecule has 0 bridgehead atoms. The molecule has 0 unspecified atom stereocenters. The first-order chi connectivity index (χ1) is 13.4. The molecule has 0 saturated heterocycles. The molecule has 8 heteroatoms. The van der Waals surface area contributed by atoms with Crippen LogP contribution in [-0.4, -0.2) is 36.2 Å². The van der Waals surface area contributed by atoms with Crippen LogP contribution in [0.3, 0.4) is 0 Å². The predicted molar refractivity (Wildman–Crippen MR) is 105 cm³/mol. The number of hydrogen-bond donors (Lipinski definition) is 2. The van der Waals surface area contributed by atoms with Crippen molar-refractivity contribution in [1.82, 2.24) is 0 Å². The molecule has 0 spiro atoms. The normalized spacial score (nSPS) is 11.6. The number of aliphatic hydroxyl groups excluding tert-OH is 1. The highest BCUT2D eigenvalue weighted by Crippen LogP contribution is 2.34. The van der Waals surface area contributed by atoms with Crippen LogP contribution < -0.4 is 5.32 Å². The molecule has 0 aliphatic heterocycles. The van der Waals surface area contributed by atoms with Crippen molar-refractivity contribution in [3.63, 3.8) is 0 Å². The van der Waals surface area contributed by atoms with Crippen LogP contribution in [0.2, 0.25) is 0 Å². The standard InChI is InChI=1S/C20H23NO6S/c1-4-14-12(3)16(19(24)26-5-2)18(28-14)21-15(22)11-27-20(25)17(23)13-9-7-6-8-10-13/h6-10,17,23H,4-5,11H2,1-3H3,(H,21,22)/t17-/m0/s1. The van der Waals surface area contributed by atoms with Crippen LogP contribution in [0.4, 0.5) is 5.00 Å². The molecule has 1 heterocycles. The molecule has 0 saturated carbocycles. The van der Waals surface area contributed by atoms with Gasteiger partial charge in [-0.25, -0.2) is 9.59 Å². The van der Waals surface area contributed by atoms with Gasteiger partial charge in [-0.15, -0.1) is 11.3 Å². The second kappa shape index (κ2) is 10.0. The van der Waals surface area contributed by atoms with E-state index >= 15 is 0 Å². The van der Waals surface area contributed by atoms with Gasteiger partial charge in [0.15, 0.2) is 12.7 Å². The molecule has 1 amide bonds. The Balaban J connectivity index is 2.03. The molecule has 1 atom stereocenters. The monoisotopic (exact) mass is 405 g/mol. The average Bonchev–Trinajstić information content (AvgIpc) is 3.01. The zero-order chi connectivity index (χ0) is 20.7. The minimum Gasteiger partial charge on any atom is -0.462 e. The SMILES string of the molecule is CCOC(=O)c1c(NC(=O)COC(=O)[C@@H](O)c2ccccc2)sc(CC)c1C. The van der Waals surface area contributed by atoms with Crippen LogP contribution >= 0.6 is 11.3 Å². The summed E-state index contributed by atoms with van der Waals surface area (Å²) in [6, 6.07) is 8.28. The van der Waals surface area contributed by atoms with Crippen molar-refractivity contribution in [2.75, 3.05) is 18.5 Å². The first-order valence-corrected chi connectivity index (χ1v) is 9.69. The van der Waals surface area contributed by atoms with Gasteiger partial charge in [-0.1, -0.05) is 37.3 Å². The van der Waals surface area contributed by atoms with E-state index in [1.54, 1.807) is 44.2 Å². The summed E-state index contributed by atoms with van der Waals surface area (Å²) in [6.07, 6.45) is -0.767. The molecule has 0 aliphatic carbocycles. The number of aryl methyl sites for hydroxylation is 1. The average molecular weight is 405 g/mol. The molecule has 0 aliphatic rings. The minimum atomic E-state index is -1.47. The number of ether oxygens (including phenoxy) is 2. The zero-order valence-corrected chi connectivity index (χ0v) is 16.8. The van der Waals surface area contributed by atoms with Crippen LogP contribution in [0.25, 0.3) is 0 Å². The van der Waals surface area contributed by atoms with Gasteiger partial charge in [0, 0.05) is 4.88 Å². The van der Waals surface area contributed by atoms with E-state index in [0.29, 0.717) is 22.5 Å².